The molecule has 0 aromatic rings. The summed E-state index contributed by atoms with van der Waals surface area (Å²) in [6.45, 7) is 0. The van der Waals surface area contributed by atoms with E-state index in [9.17, 15) is 0 Å². The molecule has 0 aliphatic heterocycles. The first-order valence-electron chi connectivity index (χ1n) is 2.28. The van der Waals surface area contributed by atoms with E-state index in [0.29, 0.717) is 0 Å². The van der Waals surface area contributed by atoms with Crippen LogP contribution in [-0.2, 0) is 0 Å². The van der Waals surface area contributed by atoms with Crippen LogP contribution < -0.4 is 0 Å². The fourth-order valence-corrected chi connectivity index (χ4v) is 0.278. The second-order valence-corrected chi connectivity index (χ2v) is 1.18. The maximum atomic E-state index is 8.21. The molecule has 0 rings (SSSR count). The first-order chi connectivity index (χ1) is 4.35. The monoisotopic (exact) mass is 119 g/mol. The molecule has 0 atom stereocenters. The van der Waals surface area contributed by atoms with Gasteiger partial charge in [-0.2, -0.15) is 10.5 Å². The first-order valence-corrected chi connectivity index (χ1v) is 2.28. The summed E-state index contributed by atoms with van der Waals surface area (Å²) in [6.07, 6.45) is 2.57. The molecule has 0 radical (unpaired) electrons. The van der Waals surface area contributed by atoms with Gasteiger partial charge < -0.3 is 0 Å². The van der Waals surface area contributed by atoms with Crippen molar-refractivity contribution in [2.45, 2.75) is 0 Å². The van der Waals surface area contributed by atoms with Crippen LogP contribution in [0.3, 0.4) is 0 Å². The lowest BCUT2D eigenvalue weighted by Gasteiger charge is -1.76. The van der Waals surface area contributed by atoms with E-state index in [1.54, 1.807) is 12.1 Å². The van der Waals surface area contributed by atoms with Crippen LogP contribution in [0.15, 0.2) is 17.1 Å². The Kier molecular flexibility index (Phi) is 3.73. The number of aliphatic imine (C=N–C) groups is 1. The van der Waals surface area contributed by atoms with Crippen molar-refractivity contribution in [3.05, 3.63) is 12.2 Å². The molecular weight excluding hydrogens is 114 g/mol. The Morgan fingerprint density at radius 2 is 2.22 bits per heavy atom. The average molecular weight is 119 g/mol. The first kappa shape index (κ1) is 7.39. The van der Waals surface area contributed by atoms with Gasteiger partial charge in [-0.05, 0) is 6.08 Å². The van der Waals surface area contributed by atoms with Gasteiger partial charge >= 0.3 is 0 Å². The fraction of sp³-hybridized carbons (Fsp3) is 0.167. The molecule has 0 saturated carbocycles. The van der Waals surface area contributed by atoms with Crippen LogP contribution in [0.25, 0.3) is 0 Å². The Labute approximate surface area is 53.6 Å². The van der Waals surface area contributed by atoms with Gasteiger partial charge in [0.2, 0.25) is 0 Å². The molecule has 0 amide bonds. The van der Waals surface area contributed by atoms with Gasteiger partial charge in [-0.15, -0.1) is 0 Å². The number of hydrogen-bond donors (Lipinski definition) is 0. The lowest BCUT2D eigenvalue weighted by molar-refractivity contribution is 1.44. The summed E-state index contributed by atoms with van der Waals surface area (Å²) in [4.78, 5) is 3.56. The quantitative estimate of drug-likeness (QED) is 0.376. The van der Waals surface area contributed by atoms with E-state index in [0.717, 1.165) is 0 Å². The molecule has 3 heteroatoms. The zero-order valence-electron chi connectivity index (χ0n) is 5.00. The van der Waals surface area contributed by atoms with Crippen molar-refractivity contribution in [1.29, 1.82) is 10.5 Å². The molecule has 0 aliphatic rings. The minimum absolute atomic E-state index is 0.261. The molecule has 0 aromatic heterocycles. The topological polar surface area (TPSA) is 59.9 Å². The summed E-state index contributed by atoms with van der Waals surface area (Å²) < 4.78 is 0. The van der Waals surface area contributed by atoms with Crippen molar-refractivity contribution in [1.82, 2.24) is 0 Å². The number of allylic oxidation sites excluding steroid dienone is 2. The van der Waals surface area contributed by atoms with Crippen LogP contribution in [0.2, 0.25) is 0 Å². The van der Waals surface area contributed by atoms with Gasteiger partial charge in [-0.1, -0.05) is 0 Å². The second kappa shape index (κ2) is 4.55. The maximum Gasteiger partial charge on any atom is 0.135 e. The van der Waals surface area contributed by atoms with E-state index in [2.05, 4.69) is 4.99 Å². The SMILES string of the molecule is CN=C(C#N)/C=C/C#N. The molecular formula is C6H5N3. The summed E-state index contributed by atoms with van der Waals surface area (Å²) in [6, 6.07) is 3.55. The molecule has 0 heterocycles. The Morgan fingerprint density at radius 1 is 1.56 bits per heavy atom. The molecule has 0 spiro atoms. The number of rotatable bonds is 1. The van der Waals surface area contributed by atoms with Crippen LogP contribution in [0.1, 0.15) is 0 Å². The van der Waals surface area contributed by atoms with Crippen LogP contribution in [-0.4, -0.2) is 12.8 Å². The average Bonchev–Trinajstić information content (AvgIpc) is 1.91. The highest BCUT2D eigenvalue weighted by Gasteiger charge is 1.82. The molecule has 0 unspecified atom stereocenters. The van der Waals surface area contributed by atoms with E-state index in [1.807, 2.05) is 0 Å². The van der Waals surface area contributed by atoms with Crippen molar-refractivity contribution >= 4 is 5.71 Å². The Hall–Kier alpha value is -1.61. The minimum atomic E-state index is 0.261. The van der Waals surface area contributed by atoms with Gasteiger partial charge in [0.25, 0.3) is 0 Å². The van der Waals surface area contributed by atoms with E-state index < -0.39 is 0 Å². The lowest BCUT2D eigenvalue weighted by atomic mass is 10.4. The van der Waals surface area contributed by atoms with Crippen molar-refractivity contribution in [3.63, 3.8) is 0 Å². The van der Waals surface area contributed by atoms with Crippen LogP contribution in [0.5, 0.6) is 0 Å². The number of hydrogen-bond acceptors (Lipinski definition) is 3. The minimum Gasteiger partial charge on any atom is -0.278 e. The third-order valence-corrected chi connectivity index (χ3v) is 0.671. The Bertz CT molecular complexity index is 211. The lowest BCUT2D eigenvalue weighted by Crippen LogP contribution is -1.84. The molecule has 0 fully saturated rings. The van der Waals surface area contributed by atoms with Crippen LogP contribution in [0, 0.1) is 22.7 Å². The predicted molar refractivity (Wildman–Crippen MR) is 33.7 cm³/mol. The van der Waals surface area contributed by atoms with Crippen molar-refractivity contribution in [2.75, 3.05) is 7.05 Å². The summed E-state index contributed by atoms with van der Waals surface area (Å²) in [7, 11) is 1.50. The Morgan fingerprint density at radius 3 is 2.56 bits per heavy atom. The third kappa shape index (κ3) is 3.02. The van der Waals surface area contributed by atoms with Crippen LogP contribution in [0.4, 0.5) is 0 Å². The third-order valence-electron chi connectivity index (χ3n) is 0.671. The van der Waals surface area contributed by atoms with E-state index >= 15 is 0 Å². The van der Waals surface area contributed by atoms with Crippen molar-refractivity contribution in [3.8, 4) is 12.1 Å². The van der Waals surface area contributed by atoms with Crippen molar-refractivity contribution in [2.24, 2.45) is 4.99 Å². The van der Waals surface area contributed by atoms with Crippen molar-refractivity contribution < 1.29 is 0 Å². The van der Waals surface area contributed by atoms with E-state index in [1.165, 1.54) is 19.2 Å². The standard InChI is InChI=1S/C6H5N3/c1-9-6(5-8)3-2-4-7/h2-3H,1H3/b3-2+,9-6?. The highest BCUT2D eigenvalue weighted by molar-refractivity contribution is 6.07. The van der Waals surface area contributed by atoms with Gasteiger partial charge in [0, 0.05) is 13.1 Å². The normalized spacial score (nSPS) is 10.8. The smallest absolute Gasteiger partial charge is 0.135 e. The van der Waals surface area contributed by atoms with Gasteiger partial charge in [0.05, 0.1) is 6.07 Å². The summed E-state index contributed by atoms with van der Waals surface area (Å²) in [5, 5.41) is 16.2. The fourth-order valence-electron chi connectivity index (χ4n) is 0.278. The molecule has 0 saturated heterocycles. The van der Waals surface area contributed by atoms with Crippen LogP contribution >= 0.6 is 0 Å². The van der Waals surface area contributed by atoms with Gasteiger partial charge in [0.1, 0.15) is 11.8 Å². The number of nitrogens with zero attached hydrogens (tertiary/aromatic N) is 3. The largest absolute Gasteiger partial charge is 0.278 e. The molecule has 0 aliphatic carbocycles. The zero-order chi connectivity index (χ0) is 7.11. The molecule has 3 nitrogen and oxygen atoms in total. The van der Waals surface area contributed by atoms with Gasteiger partial charge in [-0.3, -0.25) is 4.99 Å². The highest BCUT2D eigenvalue weighted by Crippen LogP contribution is 1.76. The highest BCUT2D eigenvalue weighted by atomic mass is 14.7. The molecule has 0 bridgehead atoms. The zero-order valence-corrected chi connectivity index (χ0v) is 5.00. The second-order valence-electron chi connectivity index (χ2n) is 1.18. The molecule has 9 heavy (non-hydrogen) atoms. The molecule has 0 N–H and O–H groups in total. The maximum absolute atomic E-state index is 8.21. The Balaban J connectivity index is 4.10. The predicted octanol–water partition coefficient (Wildman–Crippen LogP) is 0.661. The summed E-state index contributed by atoms with van der Waals surface area (Å²) in [5.41, 5.74) is 0.261. The summed E-state index contributed by atoms with van der Waals surface area (Å²) >= 11 is 0. The molecule has 44 valence electrons. The van der Waals surface area contributed by atoms with Gasteiger partial charge in [0.15, 0.2) is 0 Å². The van der Waals surface area contributed by atoms with E-state index in [4.69, 9.17) is 10.5 Å². The van der Waals surface area contributed by atoms with Gasteiger partial charge in [-0.25, -0.2) is 0 Å². The molecule has 0 aromatic carbocycles. The number of nitriles is 2. The van der Waals surface area contributed by atoms with E-state index in [-0.39, 0.29) is 5.71 Å². The summed E-state index contributed by atoms with van der Waals surface area (Å²) in [5.74, 6) is 0.